The molecule has 1 fully saturated rings. The lowest BCUT2D eigenvalue weighted by Gasteiger charge is -2.22. The van der Waals surface area contributed by atoms with E-state index in [1.54, 1.807) is 0 Å². The Morgan fingerprint density at radius 3 is 2.50 bits per heavy atom. The van der Waals surface area contributed by atoms with Gasteiger partial charge in [-0.05, 0) is 32.0 Å². The van der Waals surface area contributed by atoms with Crippen LogP contribution in [0.15, 0.2) is 12.3 Å². The van der Waals surface area contributed by atoms with Crippen LogP contribution in [0.5, 0.6) is 0 Å². The molecule has 1 aromatic heterocycles. The third kappa shape index (κ3) is 2.87. The highest BCUT2D eigenvalue weighted by molar-refractivity contribution is 5.85. The van der Waals surface area contributed by atoms with E-state index in [4.69, 9.17) is 0 Å². The molecule has 2 heterocycles. The van der Waals surface area contributed by atoms with Gasteiger partial charge < -0.3 is 5.32 Å². The Labute approximate surface area is 97.1 Å². The number of hydrogen-bond acceptors (Lipinski definition) is 2. The molecule has 5 heteroatoms. The highest BCUT2D eigenvalue weighted by atomic mass is 35.5. The number of aromatic nitrogens is 2. The van der Waals surface area contributed by atoms with E-state index >= 15 is 0 Å². The quantitative estimate of drug-likeness (QED) is 0.807. The van der Waals surface area contributed by atoms with Crippen LogP contribution in [0.3, 0.4) is 0 Å². The van der Waals surface area contributed by atoms with Gasteiger partial charge >= 0.3 is 0 Å². The minimum Gasteiger partial charge on any atom is -0.317 e. The van der Waals surface area contributed by atoms with E-state index in [9.17, 15) is 0 Å². The number of halogens is 2. The summed E-state index contributed by atoms with van der Waals surface area (Å²) in [5, 5.41) is 7.55. The Morgan fingerprint density at radius 2 is 2.00 bits per heavy atom. The molecule has 0 saturated carbocycles. The Morgan fingerprint density at radius 1 is 1.36 bits per heavy atom. The number of nitrogens with zero attached hydrogens (tertiary/aromatic N) is 2. The Bertz CT molecular complexity index is 256. The predicted molar refractivity (Wildman–Crippen MR) is 62.5 cm³/mol. The number of nitrogens with one attached hydrogen (secondary N) is 1. The highest BCUT2D eigenvalue weighted by Crippen LogP contribution is 2.23. The summed E-state index contributed by atoms with van der Waals surface area (Å²) in [4.78, 5) is 0. The molecule has 1 aliphatic rings. The second-order valence-corrected chi connectivity index (χ2v) is 3.40. The molecule has 2 rings (SSSR count). The molecule has 14 heavy (non-hydrogen) atoms. The van der Waals surface area contributed by atoms with Gasteiger partial charge in [-0.15, -0.1) is 24.8 Å². The molecular formula is C9H17Cl2N3. The summed E-state index contributed by atoms with van der Waals surface area (Å²) in [6.07, 6.45) is 4.39. The topological polar surface area (TPSA) is 29.9 Å². The van der Waals surface area contributed by atoms with Crippen LogP contribution in [0, 0.1) is 0 Å². The van der Waals surface area contributed by atoms with E-state index in [1.807, 2.05) is 17.9 Å². The lowest BCUT2D eigenvalue weighted by Crippen LogP contribution is -2.27. The van der Waals surface area contributed by atoms with E-state index < -0.39 is 0 Å². The molecule has 3 nitrogen and oxygen atoms in total. The van der Waals surface area contributed by atoms with Gasteiger partial charge in [0.25, 0.3) is 0 Å². The molecule has 1 aliphatic heterocycles. The van der Waals surface area contributed by atoms with E-state index in [2.05, 4.69) is 16.5 Å². The van der Waals surface area contributed by atoms with E-state index in [-0.39, 0.29) is 24.8 Å². The first-order chi connectivity index (χ1) is 5.88. The van der Waals surface area contributed by atoms with Crippen molar-refractivity contribution < 1.29 is 0 Å². The van der Waals surface area contributed by atoms with Gasteiger partial charge in [-0.3, -0.25) is 4.68 Å². The molecule has 82 valence electrons. The summed E-state index contributed by atoms with van der Waals surface area (Å²) in [6.45, 7) is 2.30. The molecular weight excluding hydrogens is 221 g/mol. The van der Waals surface area contributed by atoms with Crippen molar-refractivity contribution in [3.8, 4) is 0 Å². The molecule has 0 spiro atoms. The standard InChI is InChI=1S/C9H15N3.2ClH/c1-12-9(4-7-11-12)8-2-5-10-6-3-8;;/h4,7-8,10H,2-3,5-6H2,1H3;2*1H. The SMILES string of the molecule is Cl.Cl.Cn1nccc1C1CCNCC1. The second kappa shape index (κ2) is 6.27. The number of hydrogen-bond donors (Lipinski definition) is 1. The van der Waals surface area contributed by atoms with Crippen molar-refractivity contribution >= 4 is 24.8 Å². The number of piperidine rings is 1. The fourth-order valence-electron chi connectivity index (χ4n) is 1.90. The zero-order chi connectivity index (χ0) is 8.39. The van der Waals surface area contributed by atoms with E-state index in [0.29, 0.717) is 0 Å². The maximum atomic E-state index is 4.19. The van der Waals surface area contributed by atoms with Crippen LogP contribution in [0.1, 0.15) is 24.5 Å². The smallest absolute Gasteiger partial charge is 0.0492 e. The second-order valence-electron chi connectivity index (χ2n) is 3.40. The van der Waals surface area contributed by atoms with Crippen LogP contribution in [0.25, 0.3) is 0 Å². The summed E-state index contributed by atoms with van der Waals surface area (Å²) >= 11 is 0. The first kappa shape index (κ1) is 13.8. The van der Waals surface area contributed by atoms with Crippen molar-refractivity contribution in [2.45, 2.75) is 18.8 Å². The fraction of sp³-hybridized carbons (Fsp3) is 0.667. The molecule has 1 aromatic rings. The normalized spacial score (nSPS) is 16.9. The largest absolute Gasteiger partial charge is 0.317 e. The highest BCUT2D eigenvalue weighted by Gasteiger charge is 2.17. The van der Waals surface area contributed by atoms with Gasteiger partial charge in [0.2, 0.25) is 0 Å². The van der Waals surface area contributed by atoms with Crippen LogP contribution in [-0.2, 0) is 7.05 Å². The lowest BCUT2D eigenvalue weighted by molar-refractivity contribution is 0.440. The molecule has 0 unspecified atom stereocenters. The fourth-order valence-corrected chi connectivity index (χ4v) is 1.90. The molecule has 0 bridgehead atoms. The van der Waals surface area contributed by atoms with E-state index in [1.165, 1.54) is 18.5 Å². The van der Waals surface area contributed by atoms with Crippen molar-refractivity contribution in [2.75, 3.05) is 13.1 Å². The predicted octanol–water partition coefficient (Wildman–Crippen LogP) is 1.73. The first-order valence-corrected chi connectivity index (χ1v) is 4.56. The van der Waals surface area contributed by atoms with Crippen molar-refractivity contribution in [3.05, 3.63) is 18.0 Å². The van der Waals surface area contributed by atoms with Crippen molar-refractivity contribution in [1.82, 2.24) is 15.1 Å². The van der Waals surface area contributed by atoms with Crippen LogP contribution in [-0.4, -0.2) is 22.9 Å². The van der Waals surface area contributed by atoms with Crippen LogP contribution < -0.4 is 5.32 Å². The minimum atomic E-state index is 0. The summed E-state index contributed by atoms with van der Waals surface area (Å²) in [5.74, 6) is 0.721. The van der Waals surface area contributed by atoms with Crippen molar-refractivity contribution in [2.24, 2.45) is 7.05 Å². The molecule has 1 N–H and O–H groups in total. The van der Waals surface area contributed by atoms with Gasteiger partial charge in [-0.2, -0.15) is 5.10 Å². The maximum absolute atomic E-state index is 4.19. The monoisotopic (exact) mass is 237 g/mol. The maximum Gasteiger partial charge on any atom is 0.0492 e. The molecule has 0 amide bonds. The van der Waals surface area contributed by atoms with Crippen molar-refractivity contribution in [3.63, 3.8) is 0 Å². The zero-order valence-electron chi connectivity index (χ0n) is 8.27. The summed E-state index contributed by atoms with van der Waals surface area (Å²) in [5.41, 5.74) is 1.39. The van der Waals surface area contributed by atoms with Crippen LogP contribution >= 0.6 is 24.8 Å². The van der Waals surface area contributed by atoms with Gasteiger partial charge in [0, 0.05) is 24.9 Å². The average Bonchev–Trinajstić information content (AvgIpc) is 2.53. The molecule has 0 atom stereocenters. The van der Waals surface area contributed by atoms with Crippen molar-refractivity contribution in [1.29, 1.82) is 0 Å². The third-order valence-electron chi connectivity index (χ3n) is 2.62. The van der Waals surface area contributed by atoms with Gasteiger partial charge in [-0.25, -0.2) is 0 Å². The molecule has 0 radical (unpaired) electrons. The summed E-state index contributed by atoms with van der Waals surface area (Å²) in [6, 6.07) is 2.13. The minimum absolute atomic E-state index is 0. The molecule has 1 saturated heterocycles. The lowest BCUT2D eigenvalue weighted by atomic mass is 9.95. The molecule has 0 aromatic carbocycles. The summed E-state index contributed by atoms with van der Waals surface area (Å²) in [7, 11) is 2.03. The van der Waals surface area contributed by atoms with Gasteiger partial charge in [-0.1, -0.05) is 0 Å². The van der Waals surface area contributed by atoms with Gasteiger partial charge in [0.1, 0.15) is 0 Å². The summed E-state index contributed by atoms with van der Waals surface area (Å²) < 4.78 is 2.00. The zero-order valence-corrected chi connectivity index (χ0v) is 9.90. The Hall–Kier alpha value is -0.250. The van der Waals surface area contributed by atoms with Gasteiger partial charge in [0.15, 0.2) is 0 Å². The Kier molecular flexibility index (Phi) is 6.16. The molecule has 0 aliphatic carbocycles. The Balaban J connectivity index is 0.000000845. The van der Waals surface area contributed by atoms with E-state index in [0.717, 1.165) is 19.0 Å². The first-order valence-electron chi connectivity index (χ1n) is 4.56. The average molecular weight is 238 g/mol. The van der Waals surface area contributed by atoms with Crippen LogP contribution in [0.2, 0.25) is 0 Å². The number of rotatable bonds is 1. The van der Waals surface area contributed by atoms with Crippen LogP contribution in [0.4, 0.5) is 0 Å². The number of aryl methyl sites for hydroxylation is 1. The third-order valence-corrected chi connectivity index (χ3v) is 2.62. The van der Waals surface area contributed by atoms with Gasteiger partial charge in [0.05, 0.1) is 0 Å².